The van der Waals surface area contributed by atoms with E-state index < -0.39 is 0 Å². The number of rotatable bonds is 7. The molecule has 156 valence electrons. The van der Waals surface area contributed by atoms with Crippen molar-refractivity contribution < 1.29 is 19.1 Å². The predicted molar refractivity (Wildman–Crippen MR) is 112 cm³/mol. The van der Waals surface area contributed by atoms with Crippen LogP contribution in [0.2, 0.25) is 0 Å². The van der Waals surface area contributed by atoms with Crippen LogP contribution in [0.4, 0.5) is 0 Å². The highest BCUT2D eigenvalue weighted by Gasteiger charge is 2.46. The molecule has 1 saturated heterocycles. The third-order valence-electron chi connectivity index (χ3n) is 5.88. The Morgan fingerprint density at radius 1 is 0.933 bits per heavy atom. The van der Waals surface area contributed by atoms with Gasteiger partial charge in [-0.25, -0.2) is 0 Å². The van der Waals surface area contributed by atoms with E-state index in [2.05, 4.69) is 12.1 Å². The quantitative estimate of drug-likeness (QED) is 0.662. The van der Waals surface area contributed by atoms with Crippen molar-refractivity contribution in [3.05, 3.63) is 65.7 Å². The maximum atomic E-state index is 12.8. The molecule has 0 spiro atoms. The number of ether oxygens (including phenoxy) is 1. The van der Waals surface area contributed by atoms with Crippen LogP contribution in [0, 0.1) is 5.92 Å². The zero-order valence-electron chi connectivity index (χ0n) is 16.9. The number of piperazine rings is 1. The lowest BCUT2D eigenvalue weighted by Crippen LogP contribution is -2.52. The van der Waals surface area contributed by atoms with Crippen molar-refractivity contribution in [3.63, 3.8) is 0 Å². The number of amides is 2. The molecule has 2 atom stereocenters. The number of hydrogen-bond donors (Lipinski definition) is 0. The minimum atomic E-state index is -0.0762. The minimum Gasteiger partial charge on any atom is -0.484 e. The van der Waals surface area contributed by atoms with Gasteiger partial charge in [0, 0.05) is 38.5 Å². The third-order valence-corrected chi connectivity index (χ3v) is 5.88. The molecule has 1 heterocycles. The summed E-state index contributed by atoms with van der Waals surface area (Å²) in [4.78, 5) is 39.4. The number of aldehydes is 1. The van der Waals surface area contributed by atoms with Crippen molar-refractivity contribution in [2.45, 2.75) is 18.8 Å². The first-order chi connectivity index (χ1) is 14.7. The molecule has 4 rings (SSSR count). The zero-order chi connectivity index (χ0) is 20.9. The molecule has 2 aliphatic rings. The van der Waals surface area contributed by atoms with Crippen LogP contribution in [0.5, 0.6) is 5.75 Å². The van der Waals surface area contributed by atoms with Gasteiger partial charge in [0.2, 0.25) is 5.91 Å². The van der Waals surface area contributed by atoms with Gasteiger partial charge in [-0.15, -0.1) is 0 Å². The van der Waals surface area contributed by atoms with Crippen LogP contribution >= 0.6 is 0 Å². The average Bonchev–Trinajstić information content (AvgIpc) is 3.60. The van der Waals surface area contributed by atoms with Gasteiger partial charge < -0.3 is 19.3 Å². The molecule has 2 amide bonds. The molecule has 0 aromatic heterocycles. The van der Waals surface area contributed by atoms with Crippen LogP contribution in [-0.2, 0) is 20.8 Å². The summed E-state index contributed by atoms with van der Waals surface area (Å²) in [6, 6.07) is 17.4. The highest BCUT2D eigenvalue weighted by molar-refractivity contribution is 5.83. The summed E-state index contributed by atoms with van der Waals surface area (Å²) in [6.07, 6.45) is 2.14. The second-order valence-electron chi connectivity index (χ2n) is 7.87. The monoisotopic (exact) mass is 406 g/mol. The smallest absolute Gasteiger partial charge is 0.260 e. The SMILES string of the molecule is O=CCc1ccc(OCC(=O)N2CCN(C(=O)[C@@H]3C[C@H]3c3ccccc3)CC2)cc1. The molecular weight excluding hydrogens is 380 g/mol. The van der Waals surface area contributed by atoms with Gasteiger partial charge in [0.1, 0.15) is 12.0 Å². The van der Waals surface area contributed by atoms with Gasteiger partial charge in [0.15, 0.2) is 6.61 Å². The second-order valence-corrected chi connectivity index (χ2v) is 7.87. The van der Waals surface area contributed by atoms with E-state index in [0.29, 0.717) is 44.3 Å². The fraction of sp³-hybridized carbons (Fsp3) is 0.375. The Balaban J connectivity index is 1.21. The highest BCUT2D eigenvalue weighted by Crippen LogP contribution is 2.48. The Labute approximate surface area is 176 Å². The van der Waals surface area contributed by atoms with E-state index in [9.17, 15) is 14.4 Å². The molecule has 1 aliphatic carbocycles. The van der Waals surface area contributed by atoms with E-state index in [1.807, 2.05) is 35.2 Å². The standard InChI is InChI=1S/C24H26N2O4/c27-15-10-18-6-8-20(9-7-18)30-17-23(28)25-11-13-26(14-12-25)24(29)22-16-21(22)19-4-2-1-3-5-19/h1-9,15,21-22H,10-14,16-17H2/t21-,22+/m0/s1. The number of nitrogens with zero attached hydrogens (tertiary/aromatic N) is 2. The first-order valence-electron chi connectivity index (χ1n) is 10.4. The lowest BCUT2D eigenvalue weighted by molar-refractivity contribution is -0.141. The molecule has 0 bridgehead atoms. The topological polar surface area (TPSA) is 66.9 Å². The van der Waals surface area contributed by atoms with E-state index in [0.717, 1.165) is 18.3 Å². The maximum absolute atomic E-state index is 12.8. The van der Waals surface area contributed by atoms with Gasteiger partial charge in [-0.05, 0) is 35.6 Å². The Morgan fingerprint density at radius 2 is 1.60 bits per heavy atom. The third kappa shape index (κ3) is 4.70. The fourth-order valence-corrected chi connectivity index (χ4v) is 4.00. The molecule has 30 heavy (non-hydrogen) atoms. The fourth-order valence-electron chi connectivity index (χ4n) is 4.00. The summed E-state index contributed by atoms with van der Waals surface area (Å²) in [6.45, 7) is 2.19. The van der Waals surface area contributed by atoms with Crippen molar-refractivity contribution in [1.82, 2.24) is 9.80 Å². The van der Waals surface area contributed by atoms with Crippen molar-refractivity contribution in [3.8, 4) is 5.75 Å². The van der Waals surface area contributed by atoms with Crippen molar-refractivity contribution in [2.24, 2.45) is 5.92 Å². The van der Waals surface area contributed by atoms with Crippen LogP contribution in [0.3, 0.4) is 0 Å². The van der Waals surface area contributed by atoms with Crippen LogP contribution in [0.15, 0.2) is 54.6 Å². The van der Waals surface area contributed by atoms with Crippen LogP contribution < -0.4 is 4.74 Å². The molecule has 1 aliphatic heterocycles. The van der Waals surface area contributed by atoms with Gasteiger partial charge in [-0.1, -0.05) is 42.5 Å². The van der Waals surface area contributed by atoms with Crippen molar-refractivity contribution in [1.29, 1.82) is 0 Å². The number of benzene rings is 2. The van der Waals surface area contributed by atoms with E-state index in [-0.39, 0.29) is 24.3 Å². The Morgan fingerprint density at radius 3 is 2.27 bits per heavy atom. The van der Waals surface area contributed by atoms with Crippen LogP contribution in [-0.4, -0.2) is 60.7 Å². The van der Waals surface area contributed by atoms with Gasteiger partial charge in [0.05, 0.1) is 0 Å². The molecule has 6 heteroatoms. The van der Waals surface area contributed by atoms with Crippen molar-refractivity contribution in [2.75, 3.05) is 32.8 Å². The average molecular weight is 406 g/mol. The number of carbonyl (C=O) groups is 3. The van der Waals surface area contributed by atoms with Crippen LogP contribution in [0.25, 0.3) is 0 Å². The summed E-state index contributed by atoms with van der Waals surface area (Å²) >= 11 is 0. The van der Waals surface area contributed by atoms with Gasteiger partial charge >= 0.3 is 0 Å². The minimum absolute atomic E-state index is 0.0281. The van der Waals surface area contributed by atoms with E-state index in [1.54, 1.807) is 17.0 Å². The van der Waals surface area contributed by atoms with Gasteiger partial charge in [-0.2, -0.15) is 0 Å². The molecular formula is C24H26N2O4. The summed E-state index contributed by atoms with van der Waals surface area (Å²) in [7, 11) is 0. The summed E-state index contributed by atoms with van der Waals surface area (Å²) < 4.78 is 5.58. The lowest BCUT2D eigenvalue weighted by Gasteiger charge is -2.35. The van der Waals surface area contributed by atoms with Gasteiger partial charge in [0.25, 0.3) is 5.91 Å². The molecule has 2 aromatic rings. The summed E-state index contributed by atoms with van der Waals surface area (Å²) in [5.41, 5.74) is 2.15. The highest BCUT2D eigenvalue weighted by atomic mass is 16.5. The number of hydrogen-bond acceptors (Lipinski definition) is 4. The summed E-state index contributed by atoms with van der Waals surface area (Å²) in [5, 5.41) is 0. The van der Waals surface area contributed by atoms with Crippen molar-refractivity contribution >= 4 is 18.1 Å². The molecule has 0 unspecified atom stereocenters. The predicted octanol–water partition coefficient (Wildman–Crippen LogP) is 2.28. The Kier molecular flexibility index (Phi) is 6.12. The number of carbonyl (C=O) groups excluding carboxylic acids is 3. The zero-order valence-corrected chi connectivity index (χ0v) is 16.9. The Hall–Kier alpha value is -3.15. The first-order valence-corrected chi connectivity index (χ1v) is 10.4. The lowest BCUT2D eigenvalue weighted by atomic mass is 10.1. The Bertz CT molecular complexity index is 889. The molecule has 2 aromatic carbocycles. The second kappa shape index (κ2) is 9.11. The largest absolute Gasteiger partial charge is 0.484 e. The molecule has 1 saturated carbocycles. The molecule has 0 N–H and O–H groups in total. The molecule has 2 fully saturated rings. The maximum Gasteiger partial charge on any atom is 0.260 e. The summed E-state index contributed by atoms with van der Waals surface area (Å²) in [5.74, 6) is 1.16. The first kappa shape index (κ1) is 20.1. The normalized spacial score (nSPS) is 20.5. The van der Waals surface area contributed by atoms with Crippen LogP contribution in [0.1, 0.15) is 23.5 Å². The van der Waals surface area contributed by atoms with E-state index >= 15 is 0 Å². The molecule has 0 radical (unpaired) electrons. The molecule has 6 nitrogen and oxygen atoms in total. The van der Waals surface area contributed by atoms with E-state index in [1.165, 1.54) is 5.56 Å². The van der Waals surface area contributed by atoms with Gasteiger partial charge in [-0.3, -0.25) is 9.59 Å². The van der Waals surface area contributed by atoms with E-state index in [4.69, 9.17) is 4.74 Å².